The summed E-state index contributed by atoms with van der Waals surface area (Å²) < 4.78 is 6.10. The summed E-state index contributed by atoms with van der Waals surface area (Å²) in [5, 5.41) is 23.6. The fourth-order valence-electron chi connectivity index (χ4n) is 8.58. The van der Waals surface area contributed by atoms with Gasteiger partial charge in [-0.05, 0) is 105 Å². The lowest BCUT2D eigenvalue weighted by molar-refractivity contribution is -0.160. The Balaban J connectivity index is 1.06. The first kappa shape index (κ1) is 38.4. The topological polar surface area (TPSA) is 146 Å². The first-order valence-electron chi connectivity index (χ1n) is 19.2. The van der Waals surface area contributed by atoms with Gasteiger partial charge < -0.3 is 29.9 Å². The maximum absolute atomic E-state index is 14.2. The SMILES string of the molecule is C[B]c1cc(C[C@@H](OC(=O)N2CCC(N3CCc4ccccc4NC3=O)CC2)C(=O)N2CCC(C3CCN(CC(=O)N(C)O)CC3)CC2)cc(C)c1O. The number of phenolic OH excluding ortho intramolecular Hbond substituents is 1. The van der Waals surface area contributed by atoms with E-state index in [4.69, 9.17) is 4.74 Å². The minimum Gasteiger partial charge on any atom is -0.508 e. The van der Waals surface area contributed by atoms with Gasteiger partial charge in [-0.25, -0.2) is 14.7 Å². The molecule has 3 fully saturated rings. The van der Waals surface area contributed by atoms with E-state index >= 15 is 0 Å². The third-order valence-electron chi connectivity index (χ3n) is 11.8. The summed E-state index contributed by atoms with van der Waals surface area (Å²) in [4.78, 5) is 60.4. The summed E-state index contributed by atoms with van der Waals surface area (Å²) in [5.74, 6) is 0.668. The largest absolute Gasteiger partial charge is 0.508 e. The lowest BCUT2D eigenvalue weighted by Gasteiger charge is -2.41. The molecule has 0 aromatic heterocycles. The van der Waals surface area contributed by atoms with Gasteiger partial charge >= 0.3 is 12.1 Å². The zero-order chi connectivity index (χ0) is 37.6. The van der Waals surface area contributed by atoms with Crippen LogP contribution in [0, 0.1) is 18.8 Å². The molecule has 5 amide bonds. The molecular weight excluding hydrogens is 675 g/mol. The number of nitrogens with one attached hydrogen (secondary N) is 1. The molecule has 53 heavy (non-hydrogen) atoms. The van der Waals surface area contributed by atoms with Gasteiger partial charge in [-0.15, -0.1) is 0 Å². The molecule has 6 rings (SSSR count). The number of piperidine rings is 3. The van der Waals surface area contributed by atoms with Crippen molar-refractivity contribution in [3.05, 3.63) is 53.1 Å². The number of urea groups is 1. The number of hydrogen-bond donors (Lipinski definition) is 3. The molecule has 4 aliphatic rings. The molecular formula is C39H54BN6O7. The zero-order valence-electron chi connectivity index (χ0n) is 31.3. The minimum absolute atomic E-state index is 0.00672. The van der Waals surface area contributed by atoms with Crippen molar-refractivity contribution in [3.8, 4) is 5.75 Å². The first-order valence-corrected chi connectivity index (χ1v) is 19.2. The number of amides is 5. The summed E-state index contributed by atoms with van der Waals surface area (Å²) in [6.45, 7) is 8.11. The van der Waals surface area contributed by atoms with E-state index in [0.29, 0.717) is 73.5 Å². The molecule has 2 aromatic carbocycles. The van der Waals surface area contributed by atoms with E-state index in [0.717, 1.165) is 62.0 Å². The summed E-state index contributed by atoms with van der Waals surface area (Å²) in [6, 6.07) is 11.4. The highest BCUT2D eigenvalue weighted by Crippen LogP contribution is 2.33. The van der Waals surface area contributed by atoms with Crippen LogP contribution < -0.4 is 10.8 Å². The van der Waals surface area contributed by atoms with E-state index in [2.05, 4.69) is 10.2 Å². The molecule has 1 atom stereocenters. The number of para-hydroxylation sites is 1. The molecule has 0 saturated carbocycles. The summed E-state index contributed by atoms with van der Waals surface area (Å²) in [6.07, 6.45) is 4.32. The third-order valence-corrected chi connectivity index (χ3v) is 11.8. The smallest absolute Gasteiger partial charge is 0.410 e. The van der Waals surface area contributed by atoms with Crippen LogP contribution in [0.3, 0.4) is 0 Å². The van der Waals surface area contributed by atoms with Crippen molar-refractivity contribution < 1.29 is 34.2 Å². The molecule has 0 unspecified atom stereocenters. The van der Waals surface area contributed by atoms with Crippen LogP contribution in [0.15, 0.2) is 36.4 Å². The Bertz CT molecular complexity index is 1630. The van der Waals surface area contributed by atoms with E-state index < -0.39 is 12.2 Å². The van der Waals surface area contributed by atoms with Gasteiger partial charge in [0.15, 0.2) is 13.4 Å². The van der Waals surface area contributed by atoms with E-state index in [1.54, 1.807) is 4.90 Å². The molecule has 4 heterocycles. The Hall–Kier alpha value is -4.30. The third kappa shape index (κ3) is 9.27. The average Bonchev–Trinajstić information content (AvgIpc) is 3.34. The second-order valence-corrected chi connectivity index (χ2v) is 15.2. The van der Waals surface area contributed by atoms with Crippen molar-refractivity contribution >= 4 is 42.4 Å². The van der Waals surface area contributed by atoms with Crippen LogP contribution >= 0.6 is 0 Å². The van der Waals surface area contributed by atoms with Crippen LogP contribution in [0.2, 0.25) is 6.82 Å². The van der Waals surface area contributed by atoms with Crippen LogP contribution in [0.4, 0.5) is 15.3 Å². The molecule has 4 aliphatic heterocycles. The molecule has 0 bridgehead atoms. The molecule has 3 saturated heterocycles. The van der Waals surface area contributed by atoms with Crippen molar-refractivity contribution in [1.29, 1.82) is 0 Å². The van der Waals surface area contributed by atoms with Crippen LogP contribution in [0.1, 0.15) is 55.2 Å². The molecule has 2 aromatic rings. The summed E-state index contributed by atoms with van der Waals surface area (Å²) in [5.41, 5.74) is 4.12. The number of benzene rings is 2. The van der Waals surface area contributed by atoms with Gasteiger partial charge in [0.25, 0.3) is 11.8 Å². The standard InChI is InChI=1S/C39H54BN6O7/c1-26-22-27(23-32(40-2)36(26)48)24-34(37(49)44-17-10-29(11-18-44)28-8-15-43(16-9-28)25-35(47)42(3)52)53-39(51)45-19-13-31(14-20-45)46-21-12-30-6-4-5-7-33(30)41-38(46)50/h4-7,22-23,28-29,31,34,48,52H,8-21,24-25H2,1-3H3,(H,41,50)/t34-/m1/s1. The number of carbonyl (C=O) groups excluding carboxylic acids is 4. The Morgan fingerprint density at radius 2 is 1.58 bits per heavy atom. The van der Waals surface area contributed by atoms with E-state index in [1.165, 1.54) is 7.05 Å². The number of nitrogens with zero attached hydrogens (tertiary/aromatic N) is 5. The Morgan fingerprint density at radius 1 is 0.943 bits per heavy atom. The van der Waals surface area contributed by atoms with E-state index in [9.17, 15) is 29.5 Å². The maximum Gasteiger partial charge on any atom is 0.410 e. The van der Waals surface area contributed by atoms with Crippen molar-refractivity contribution in [2.75, 3.05) is 64.7 Å². The van der Waals surface area contributed by atoms with Crippen molar-refractivity contribution in [1.82, 2.24) is 24.7 Å². The monoisotopic (exact) mass is 729 g/mol. The van der Waals surface area contributed by atoms with Crippen molar-refractivity contribution in [2.24, 2.45) is 11.8 Å². The molecule has 0 aliphatic carbocycles. The average molecular weight is 730 g/mol. The fourth-order valence-corrected chi connectivity index (χ4v) is 8.58. The second-order valence-electron chi connectivity index (χ2n) is 15.2. The molecule has 285 valence electrons. The van der Waals surface area contributed by atoms with Gasteiger partial charge in [0.05, 0.1) is 6.54 Å². The molecule has 14 heteroatoms. The summed E-state index contributed by atoms with van der Waals surface area (Å²) >= 11 is 0. The number of ether oxygens (including phenoxy) is 1. The summed E-state index contributed by atoms with van der Waals surface area (Å²) in [7, 11) is 3.17. The highest BCUT2D eigenvalue weighted by atomic mass is 16.6. The van der Waals surface area contributed by atoms with E-state index in [1.807, 2.05) is 67.2 Å². The first-order chi connectivity index (χ1) is 25.5. The predicted octanol–water partition coefficient (Wildman–Crippen LogP) is 3.48. The van der Waals surface area contributed by atoms with Gasteiger partial charge in [0.1, 0.15) is 5.75 Å². The number of hydroxylamine groups is 2. The normalized spacial score (nSPS) is 19.9. The molecule has 0 spiro atoms. The van der Waals surface area contributed by atoms with Crippen LogP contribution in [0.5, 0.6) is 5.75 Å². The van der Waals surface area contributed by atoms with Crippen LogP contribution in [0.25, 0.3) is 0 Å². The van der Waals surface area contributed by atoms with Crippen molar-refractivity contribution in [2.45, 2.75) is 77.3 Å². The number of aryl methyl sites for hydroxylation is 1. The van der Waals surface area contributed by atoms with Crippen LogP contribution in [-0.4, -0.2) is 138 Å². The molecule has 13 nitrogen and oxygen atoms in total. The lowest BCUT2D eigenvalue weighted by Crippen LogP contribution is -2.52. The number of carbonyl (C=O) groups is 4. The van der Waals surface area contributed by atoms with Gasteiger partial charge in [0, 0.05) is 57.9 Å². The zero-order valence-corrected chi connectivity index (χ0v) is 31.3. The number of likely N-dealkylation sites (tertiary alicyclic amines) is 3. The number of aromatic hydroxyl groups is 1. The van der Waals surface area contributed by atoms with Crippen LogP contribution in [-0.2, 0) is 27.2 Å². The lowest BCUT2D eigenvalue weighted by atomic mass is 9.71. The maximum atomic E-state index is 14.2. The Morgan fingerprint density at radius 3 is 2.25 bits per heavy atom. The Labute approximate surface area is 313 Å². The van der Waals surface area contributed by atoms with Gasteiger partial charge in [-0.1, -0.05) is 37.2 Å². The second kappa shape index (κ2) is 17.2. The number of rotatable bonds is 9. The van der Waals surface area contributed by atoms with Crippen molar-refractivity contribution in [3.63, 3.8) is 0 Å². The molecule has 3 N–H and O–H groups in total. The van der Waals surface area contributed by atoms with Gasteiger partial charge in [-0.2, -0.15) is 0 Å². The number of phenols is 1. The fraction of sp³-hybridized carbons (Fsp3) is 0.590. The quantitative estimate of drug-likeness (QED) is 0.202. The Kier molecular flexibility index (Phi) is 12.5. The highest BCUT2D eigenvalue weighted by molar-refractivity contribution is 6.53. The predicted molar refractivity (Wildman–Crippen MR) is 202 cm³/mol. The highest BCUT2D eigenvalue weighted by Gasteiger charge is 2.37. The molecule has 1 radical (unpaired) electrons. The number of fused-ring (bicyclic) bond motifs is 1. The number of hydrogen-bond acceptors (Lipinski definition) is 8. The number of likely N-dealkylation sites (N-methyl/N-ethyl adjacent to an activating group) is 1. The van der Waals surface area contributed by atoms with Gasteiger partial charge in [0.2, 0.25) is 0 Å². The van der Waals surface area contributed by atoms with E-state index in [-0.39, 0.29) is 42.6 Å². The number of anilines is 1. The van der Waals surface area contributed by atoms with Gasteiger partial charge in [-0.3, -0.25) is 19.7 Å². The minimum atomic E-state index is -1.02.